The third-order valence-electron chi connectivity index (χ3n) is 1.80. The Kier molecular flexibility index (Phi) is 6.63. The zero-order valence-corrected chi connectivity index (χ0v) is 8.43. The van der Waals surface area contributed by atoms with Gasteiger partial charge in [-0.25, -0.2) is 5.53 Å². The Morgan fingerprint density at radius 1 is 1.50 bits per heavy atom. The second kappa shape index (κ2) is 7.01. The summed E-state index contributed by atoms with van der Waals surface area (Å²) in [6.07, 6.45) is 6.38. The van der Waals surface area contributed by atoms with Crippen molar-refractivity contribution in [2.24, 2.45) is 11.0 Å². The second-order valence-corrected chi connectivity index (χ2v) is 3.50. The Morgan fingerprint density at radius 2 is 2.17 bits per heavy atom. The SMILES string of the molecule is CC/C=C(\CCCC(C)C)N=N. The molecule has 70 valence electrons. The van der Waals surface area contributed by atoms with Gasteiger partial charge in [-0.2, -0.15) is 5.11 Å². The van der Waals surface area contributed by atoms with Crippen LogP contribution in [0.2, 0.25) is 0 Å². The third-order valence-corrected chi connectivity index (χ3v) is 1.80. The van der Waals surface area contributed by atoms with Crippen LogP contribution in [0.5, 0.6) is 0 Å². The van der Waals surface area contributed by atoms with Crippen LogP contribution in [-0.4, -0.2) is 0 Å². The van der Waals surface area contributed by atoms with E-state index in [2.05, 4.69) is 25.9 Å². The molecule has 0 heterocycles. The van der Waals surface area contributed by atoms with Crippen LogP contribution in [0.25, 0.3) is 0 Å². The maximum atomic E-state index is 6.91. The Hall–Kier alpha value is -0.660. The molecule has 0 aliphatic heterocycles. The molecule has 0 fully saturated rings. The molecule has 0 radical (unpaired) electrons. The molecular weight excluding hydrogens is 148 g/mol. The van der Waals surface area contributed by atoms with Gasteiger partial charge < -0.3 is 0 Å². The van der Waals surface area contributed by atoms with Crippen molar-refractivity contribution in [3.63, 3.8) is 0 Å². The number of hydrogen-bond donors (Lipinski definition) is 1. The summed E-state index contributed by atoms with van der Waals surface area (Å²) in [5.41, 5.74) is 7.85. The van der Waals surface area contributed by atoms with Crippen molar-refractivity contribution in [1.29, 1.82) is 5.53 Å². The molecule has 0 rings (SSSR count). The highest BCUT2D eigenvalue weighted by atomic mass is 15.0. The highest BCUT2D eigenvalue weighted by molar-refractivity contribution is 4.97. The molecule has 2 nitrogen and oxygen atoms in total. The topological polar surface area (TPSA) is 36.2 Å². The molecule has 12 heavy (non-hydrogen) atoms. The van der Waals surface area contributed by atoms with Crippen LogP contribution in [0.1, 0.15) is 46.5 Å². The maximum Gasteiger partial charge on any atom is 0.0583 e. The molecule has 0 aromatic heterocycles. The normalized spacial score (nSPS) is 12.2. The maximum absolute atomic E-state index is 6.91. The predicted molar refractivity (Wildman–Crippen MR) is 52.2 cm³/mol. The molecule has 0 unspecified atom stereocenters. The Balaban J connectivity index is 3.59. The lowest BCUT2D eigenvalue weighted by Crippen LogP contribution is -1.87. The summed E-state index contributed by atoms with van der Waals surface area (Å²) in [6, 6.07) is 0. The first-order valence-electron chi connectivity index (χ1n) is 4.77. The molecule has 0 aromatic carbocycles. The molecular formula is C10H20N2. The zero-order valence-electron chi connectivity index (χ0n) is 8.43. The summed E-state index contributed by atoms with van der Waals surface area (Å²) in [6.45, 7) is 6.52. The zero-order chi connectivity index (χ0) is 9.40. The second-order valence-electron chi connectivity index (χ2n) is 3.50. The fourth-order valence-electron chi connectivity index (χ4n) is 1.13. The van der Waals surface area contributed by atoms with Gasteiger partial charge in [-0.15, -0.1) is 0 Å². The van der Waals surface area contributed by atoms with Crippen LogP contribution in [0.15, 0.2) is 16.9 Å². The van der Waals surface area contributed by atoms with E-state index in [1.807, 2.05) is 6.08 Å². The van der Waals surface area contributed by atoms with E-state index < -0.39 is 0 Å². The number of nitrogens with zero attached hydrogens (tertiary/aromatic N) is 1. The summed E-state index contributed by atoms with van der Waals surface area (Å²) >= 11 is 0. The Labute approximate surface area is 75.6 Å². The van der Waals surface area contributed by atoms with E-state index in [9.17, 15) is 0 Å². The average Bonchev–Trinajstić information content (AvgIpc) is 2.02. The van der Waals surface area contributed by atoms with Crippen molar-refractivity contribution in [2.75, 3.05) is 0 Å². The van der Waals surface area contributed by atoms with E-state index in [4.69, 9.17) is 5.53 Å². The summed E-state index contributed by atoms with van der Waals surface area (Å²) in [4.78, 5) is 0. The first-order chi connectivity index (χ1) is 5.70. The van der Waals surface area contributed by atoms with Crippen LogP contribution < -0.4 is 0 Å². The van der Waals surface area contributed by atoms with Crippen molar-refractivity contribution in [3.8, 4) is 0 Å². The van der Waals surface area contributed by atoms with E-state index in [1.54, 1.807) is 0 Å². The van der Waals surface area contributed by atoms with Crippen molar-refractivity contribution in [3.05, 3.63) is 11.8 Å². The van der Waals surface area contributed by atoms with Gasteiger partial charge in [0.1, 0.15) is 0 Å². The van der Waals surface area contributed by atoms with Gasteiger partial charge in [0.05, 0.1) is 5.70 Å². The third kappa shape index (κ3) is 6.08. The molecule has 0 atom stereocenters. The molecule has 0 aliphatic carbocycles. The molecule has 0 saturated carbocycles. The minimum atomic E-state index is 0.763. The van der Waals surface area contributed by atoms with Crippen molar-refractivity contribution < 1.29 is 0 Å². The van der Waals surface area contributed by atoms with Crippen LogP contribution in [-0.2, 0) is 0 Å². The number of nitrogens with one attached hydrogen (secondary N) is 1. The van der Waals surface area contributed by atoms with Crippen LogP contribution >= 0.6 is 0 Å². The highest BCUT2D eigenvalue weighted by Crippen LogP contribution is 2.13. The van der Waals surface area contributed by atoms with Gasteiger partial charge in [0.15, 0.2) is 0 Å². The van der Waals surface area contributed by atoms with Gasteiger partial charge in [0.25, 0.3) is 0 Å². The average molecular weight is 168 g/mol. The van der Waals surface area contributed by atoms with Crippen molar-refractivity contribution >= 4 is 0 Å². The fraction of sp³-hybridized carbons (Fsp3) is 0.800. The lowest BCUT2D eigenvalue weighted by atomic mass is 10.1. The first kappa shape index (κ1) is 11.3. The first-order valence-corrected chi connectivity index (χ1v) is 4.77. The summed E-state index contributed by atoms with van der Waals surface area (Å²) in [5, 5.41) is 3.49. The van der Waals surface area contributed by atoms with Gasteiger partial charge in [0.2, 0.25) is 0 Å². The van der Waals surface area contributed by atoms with Crippen molar-refractivity contribution in [2.45, 2.75) is 46.5 Å². The minimum absolute atomic E-state index is 0.763. The summed E-state index contributed by atoms with van der Waals surface area (Å²) in [7, 11) is 0. The minimum Gasteiger partial charge on any atom is -0.205 e. The van der Waals surface area contributed by atoms with Gasteiger partial charge in [-0.05, 0) is 25.2 Å². The smallest absolute Gasteiger partial charge is 0.0583 e. The fourth-order valence-corrected chi connectivity index (χ4v) is 1.13. The van der Waals surface area contributed by atoms with Gasteiger partial charge >= 0.3 is 0 Å². The molecule has 1 N–H and O–H groups in total. The quantitative estimate of drug-likeness (QED) is 0.579. The number of rotatable bonds is 6. The largest absolute Gasteiger partial charge is 0.205 e. The molecule has 0 saturated heterocycles. The highest BCUT2D eigenvalue weighted by Gasteiger charge is 1.97. The molecule has 0 amide bonds. The monoisotopic (exact) mass is 168 g/mol. The van der Waals surface area contributed by atoms with E-state index in [0.717, 1.165) is 30.9 Å². The molecule has 0 spiro atoms. The Morgan fingerprint density at radius 3 is 2.58 bits per heavy atom. The van der Waals surface area contributed by atoms with E-state index >= 15 is 0 Å². The van der Waals surface area contributed by atoms with Crippen LogP contribution in [0.3, 0.4) is 0 Å². The molecule has 0 aliphatic rings. The predicted octanol–water partition coefficient (Wildman–Crippen LogP) is 4.14. The molecule has 0 aromatic rings. The van der Waals surface area contributed by atoms with Gasteiger partial charge in [-0.1, -0.05) is 33.3 Å². The van der Waals surface area contributed by atoms with E-state index in [-0.39, 0.29) is 0 Å². The summed E-state index contributed by atoms with van der Waals surface area (Å²) in [5.74, 6) is 0.763. The van der Waals surface area contributed by atoms with Gasteiger partial charge in [-0.3, -0.25) is 0 Å². The number of allylic oxidation sites excluding steroid dienone is 2. The standard InChI is InChI=1S/C10H20N2/c1-4-6-10(12-11)8-5-7-9(2)3/h6,9,11H,4-5,7-8H2,1-3H3/b10-6+,12-11?. The molecule has 2 heteroatoms. The van der Waals surface area contributed by atoms with E-state index in [0.29, 0.717) is 0 Å². The summed E-state index contributed by atoms with van der Waals surface area (Å²) < 4.78 is 0. The Bertz CT molecular complexity index is 148. The van der Waals surface area contributed by atoms with Crippen molar-refractivity contribution in [1.82, 2.24) is 0 Å². The van der Waals surface area contributed by atoms with Gasteiger partial charge in [0, 0.05) is 0 Å². The number of hydrogen-bond acceptors (Lipinski definition) is 2. The lowest BCUT2D eigenvalue weighted by molar-refractivity contribution is 0.552. The lowest BCUT2D eigenvalue weighted by Gasteiger charge is -2.03. The van der Waals surface area contributed by atoms with Crippen LogP contribution in [0, 0.1) is 11.4 Å². The molecule has 0 bridgehead atoms. The van der Waals surface area contributed by atoms with E-state index in [1.165, 1.54) is 6.42 Å². The van der Waals surface area contributed by atoms with Crippen LogP contribution in [0.4, 0.5) is 0 Å².